The van der Waals surface area contributed by atoms with Gasteiger partial charge in [0.15, 0.2) is 5.96 Å². The molecular weight excluding hydrogens is 467 g/mol. The fraction of sp³-hybridized carbons (Fsp3) is 0.900. The molecule has 2 fully saturated rings. The van der Waals surface area contributed by atoms with E-state index in [1.54, 1.807) is 0 Å². The van der Waals surface area contributed by atoms with Crippen molar-refractivity contribution < 1.29 is 4.79 Å². The monoisotopic (exact) mass is 508 g/mol. The van der Waals surface area contributed by atoms with Gasteiger partial charge in [-0.05, 0) is 48.6 Å². The zero-order valence-corrected chi connectivity index (χ0v) is 21.2. The molecule has 2 aliphatic rings. The minimum atomic E-state index is -0.206. The minimum Gasteiger partial charge on any atom is -0.357 e. The summed E-state index contributed by atoms with van der Waals surface area (Å²) in [4.78, 5) is 26.7. The summed E-state index contributed by atoms with van der Waals surface area (Å²) in [5.41, 5.74) is -0.206. The second-order valence-electron chi connectivity index (χ2n) is 8.91. The smallest absolute Gasteiger partial charge is 0.242 e. The Hall–Kier alpha value is -0.610. The van der Waals surface area contributed by atoms with Crippen LogP contribution in [0.15, 0.2) is 4.99 Å². The van der Waals surface area contributed by atoms with Crippen molar-refractivity contribution in [1.82, 2.24) is 24.9 Å². The van der Waals surface area contributed by atoms with Crippen LogP contribution in [0.2, 0.25) is 0 Å². The van der Waals surface area contributed by atoms with Crippen LogP contribution in [-0.4, -0.2) is 108 Å². The van der Waals surface area contributed by atoms with E-state index in [2.05, 4.69) is 68.6 Å². The Morgan fingerprint density at radius 1 is 1.18 bits per heavy atom. The van der Waals surface area contributed by atoms with Gasteiger partial charge >= 0.3 is 0 Å². The van der Waals surface area contributed by atoms with Crippen LogP contribution in [0.1, 0.15) is 41.5 Å². The summed E-state index contributed by atoms with van der Waals surface area (Å²) < 4.78 is 0. The van der Waals surface area contributed by atoms with E-state index in [-0.39, 0.29) is 41.5 Å². The lowest BCUT2D eigenvalue weighted by atomic mass is 9.96. The molecule has 2 aliphatic heterocycles. The molecule has 0 radical (unpaired) electrons. The molecule has 0 saturated carbocycles. The molecular formula is C20H41IN6O. The molecule has 164 valence electrons. The van der Waals surface area contributed by atoms with Gasteiger partial charge in [-0.15, -0.1) is 24.0 Å². The standard InChI is InChI=1S/C20H40N6O.HI/c1-8-21-19(22-13-17(4)24-11-9-23(7)10-12-24)25-14-18(27)26(16(2)3)20(5,6)15-25;/h16-17H,8-15H2,1-7H3,(H,21,22);1H. The predicted octanol–water partition coefficient (Wildman–Crippen LogP) is 1.54. The molecule has 1 atom stereocenters. The Balaban J connectivity index is 0.00000392. The van der Waals surface area contributed by atoms with Crippen molar-refractivity contribution in [2.45, 2.75) is 59.2 Å². The summed E-state index contributed by atoms with van der Waals surface area (Å²) in [5.74, 6) is 1.04. The largest absolute Gasteiger partial charge is 0.357 e. The van der Waals surface area contributed by atoms with Crippen molar-refractivity contribution in [3.8, 4) is 0 Å². The second-order valence-corrected chi connectivity index (χ2v) is 8.91. The number of amides is 1. The number of hydrogen-bond donors (Lipinski definition) is 1. The molecule has 28 heavy (non-hydrogen) atoms. The number of hydrogen-bond acceptors (Lipinski definition) is 4. The second kappa shape index (κ2) is 11.0. The first-order valence-electron chi connectivity index (χ1n) is 10.4. The Morgan fingerprint density at radius 2 is 1.79 bits per heavy atom. The van der Waals surface area contributed by atoms with Crippen molar-refractivity contribution in [1.29, 1.82) is 0 Å². The number of guanidine groups is 1. The summed E-state index contributed by atoms with van der Waals surface area (Å²) in [6, 6.07) is 0.624. The lowest BCUT2D eigenvalue weighted by Crippen LogP contribution is -2.66. The van der Waals surface area contributed by atoms with Crippen molar-refractivity contribution in [2.24, 2.45) is 4.99 Å². The zero-order valence-electron chi connectivity index (χ0n) is 18.9. The summed E-state index contributed by atoms with van der Waals surface area (Å²) in [6.45, 7) is 20.0. The van der Waals surface area contributed by atoms with E-state index in [4.69, 9.17) is 4.99 Å². The Labute approximate surface area is 188 Å². The molecule has 0 aliphatic carbocycles. The molecule has 2 rings (SSSR count). The summed E-state index contributed by atoms with van der Waals surface area (Å²) in [6.07, 6.45) is 0. The van der Waals surface area contributed by atoms with E-state index in [1.807, 2.05) is 4.90 Å². The molecule has 0 spiro atoms. The van der Waals surface area contributed by atoms with Gasteiger partial charge in [0, 0.05) is 51.4 Å². The van der Waals surface area contributed by atoms with E-state index in [1.165, 1.54) is 0 Å². The van der Waals surface area contributed by atoms with Crippen LogP contribution in [0.3, 0.4) is 0 Å². The third-order valence-corrected chi connectivity index (χ3v) is 5.64. The average molecular weight is 508 g/mol. The number of rotatable bonds is 5. The molecule has 0 aromatic carbocycles. The maximum absolute atomic E-state index is 12.8. The highest BCUT2D eigenvalue weighted by molar-refractivity contribution is 14.0. The van der Waals surface area contributed by atoms with Crippen LogP contribution < -0.4 is 5.32 Å². The van der Waals surface area contributed by atoms with E-state index in [9.17, 15) is 4.79 Å². The van der Waals surface area contributed by atoms with Crippen LogP contribution in [0.5, 0.6) is 0 Å². The summed E-state index contributed by atoms with van der Waals surface area (Å²) in [7, 11) is 2.18. The van der Waals surface area contributed by atoms with E-state index >= 15 is 0 Å². The number of carbonyl (C=O) groups is 1. The Bertz CT molecular complexity index is 531. The molecule has 2 saturated heterocycles. The lowest BCUT2D eigenvalue weighted by molar-refractivity contribution is -0.145. The van der Waals surface area contributed by atoms with E-state index in [0.717, 1.165) is 51.8 Å². The molecule has 1 N–H and O–H groups in total. The van der Waals surface area contributed by atoms with Gasteiger partial charge in [-0.25, -0.2) is 0 Å². The maximum atomic E-state index is 12.8. The van der Waals surface area contributed by atoms with Crippen LogP contribution in [0.4, 0.5) is 0 Å². The molecule has 0 aromatic rings. The van der Waals surface area contributed by atoms with Gasteiger partial charge in [0.1, 0.15) is 0 Å². The number of nitrogens with one attached hydrogen (secondary N) is 1. The molecule has 8 heteroatoms. The van der Waals surface area contributed by atoms with Crippen LogP contribution in [0, 0.1) is 0 Å². The van der Waals surface area contributed by atoms with Gasteiger partial charge in [-0.1, -0.05) is 0 Å². The van der Waals surface area contributed by atoms with Gasteiger partial charge in [0.2, 0.25) is 5.91 Å². The van der Waals surface area contributed by atoms with E-state index in [0.29, 0.717) is 12.6 Å². The van der Waals surface area contributed by atoms with Gasteiger partial charge in [-0.3, -0.25) is 14.7 Å². The Morgan fingerprint density at radius 3 is 2.29 bits per heavy atom. The highest BCUT2D eigenvalue weighted by Crippen LogP contribution is 2.24. The molecule has 7 nitrogen and oxygen atoms in total. The number of likely N-dealkylation sites (N-methyl/N-ethyl adjacent to an activating group) is 1. The first-order chi connectivity index (χ1) is 12.7. The fourth-order valence-corrected chi connectivity index (χ4v) is 4.34. The topological polar surface area (TPSA) is 54.4 Å². The molecule has 1 amide bonds. The summed E-state index contributed by atoms with van der Waals surface area (Å²) in [5, 5.41) is 3.40. The molecule has 0 bridgehead atoms. The third-order valence-electron chi connectivity index (χ3n) is 5.64. The SMILES string of the molecule is CCNC(=NCC(C)N1CCN(C)CC1)N1CC(=O)N(C(C)C)C(C)(C)C1.I. The maximum Gasteiger partial charge on any atom is 0.242 e. The molecule has 2 heterocycles. The Kier molecular flexibility index (Phi) is 9.96. The number of nitrogens with zero attached hydrogens (tertiary/aromatic N) is 5. The minimum absolute atomic E-state index is 0. The normalized spacial score (nSPS) is 23.0. The van der Waals surface area contributed by atoms with Crippen molar-refractivity contribution >= 4 is 35.8 Å². The molecule has 0 aromatic heterocycles. The highest BCUT2D eigenvalue weighted by atomic mass is 127. The van der Waals surface area contributed by atoms with Crippen LogP contribution in [0.25, 0.3) is 0 Å². The number of aliphatic imine (C=N–C) groups is 1. The number of halogens is 1. The lowest BCUT2D eigenvalue weighted by Gasteiger charge is -2.49. The van der Waals surface area contributed by atoms with Crippen molar-refractivity contribution in [3.05, 3.63) is 0 Å². The van der Waals surface area contributed by atoms with Gasteiger partial charge < -0.3 is 20.0 Å². The fourth-order valence-electron chi connectivity index (χ4n) is 4.34. The first kappa shape index (κ1) is 25.4. The quantitative estimate of drug-likeness (QED) is 0.347. The van der Waals surface area contributed by atoms with Gasteiger partial charge in [0.05, 0.1) is 18.6 Å². The average Bonchev–Trinajstić information content (AvgIpc) is 2.57. The van der Waals surface area contributed by atoms with Gasteiger partial charge in [0.25, 0.3) is 0 Å². The number of carbonyl (C=O) groups excluding carboxylic acids is 1. The first-order valence-corrected chi connectivity index (χ1v) is 10.4. The zero-order chi connectivity index (χ0) is 20.2. The number of piperazine rings is 2. The van der Waals surface area contributed by atoms with Crippen molar-refractivity contribution in [2.75, 3.05) is 59.4 Å². The predicted molar refractivity (Wildman–Crippen MR) is 128 cm³/mol. The van der Waals surface area contributed by atoms with Gasteiger partial charge in [-0.2, -0.15) is 0 Å². The molecule has 1 unspecified atom stereocenters. The van der Waals surface area contributed by atoms with E-state index < -0.39 is 0 Å². The van der Waals surface area contributed by atoms with Crippen LogP contribution >= 0.6 is 24.0 Å². The van der Waals surface area contributed by atoms with Crippen LogP contribution in [-0.2, 0) is 4.79 Å². The highest BCUT2D eigenvalue weighted by Gasteiger charge is 2.40. The van der Waals surface area contributed by atoms with Crippen molar-refractivity contribution in [3.63, 3.8) is 0 Å². The summed E-state index contributed by atoms with van der Waals surface area (Å²) >= 11 is 0. The third kappa shape index (κ3) is 6.45.